The Morgan fingerprint density at radius 2 is 1.96 bits per heavy atom. The smallest absolute Gasteiger partial charge is 0.289 e. The Morgan fingerprint density at radius 1 is 1.22 bits per heavy atom. The van der Waals surface area contributed by atoms with Crippen molar-refractivity contribution in [2.75, 3.05) is 20.3 Å². The highest BCUT2D eigenvalue weighted by Gasteiger charge is 2.19. The van der Waals surface area contributed by atoms with Gasteiger partial charge in [0.2, 0.25) is 0 Å². The molecule has 1 aliphatic heterocycles. The molecule has 1 aliphatic rings. The van der Waals surface area contributed by atoms with Crippen LogP contribution in [0.1, 0.15) is 27.4 Å². The van der Waals surface area contributed by atoms with Crippen molar-refractivity contribution in [1.29, 1.82) is 0 Å². The van der Waals surface area contributed by atoms with Crippen LogP contribution in [0.2, 0.25) is 0 Å². The van der Waals surface area contributed by atoms with E-state index in [9.17, 15) is 4.79 Å². The molecule has 0 aliphatic carbocycles. The number of fused-ring (bicyclic) bond motifs is 1. The van der Waals surface area contributed by atoms with E-state index >= 15 is 0 Å². The SMILES string of the molecule is Cc1oc(C(=O)N(C)Cc2ccc3c(c2)OCCO3)cc1CCl. The Hall–Kier alpha value is -2.14. The lowest BCUT2D eigenvalue weighted by molar-refractivity contribution is 0.0751. The number of amides is 1. The summed E-state index contributed by atoms with van der Waals surface area (Å²) in [7, 11) is 1.73. The second kappa shape index (κ2) is 6.54. The van der Waals surface area contributed by atoms with Crippen LogP contribution in [0.5, 0.6) is 11.5 Å². The molecule has 23 heavy (non-hydrogen) atoms. The molecule has 5 nitrogen and oxygen atoms in total. The van der Waals surface area contributed by atoms with Crippen molar-refractivity contribution in [2.24, 2.45) is 0 Å². The molecule has 0 N–H and O–H groups in total. The zero-order chi connectivity index (χ0) is 16.4. The molecule has 0 atom stereocenters. The van der Waals surface area contributed by atoms with E-state index in [1.165, 1.54) is 0 Å². The number of carbonyl (C=O) groups is 1. The van der Waals surface area contributed by atoms with E-state index in [0.29, 0.717) is 42.9 Å². The quantitative estimate of drug-likeness (QED) is 0.804. The maximum absolute atomic E-state index is 12.5. The molecule has 3 rings (SSSR count). The van der Waals surface area contributed by atoms with Crippen LogP contribution in [0.4, 0.5) is 0 Å². The number of rotatable bonds is 4. The number of halogens is 1. The summed E-state index contributed by atoms with van der Waals surface area (Å²) in [5.41, 5.74) is 1.80. The standard InChI is InChI=1S/C17H18ClNO4/c1-11-13(9-18)8-16(23-11)17(20)19(2)10-12-3-4-14-15(7-12)22-6-5-21-14/h3-4,7-8H,5-6,9-10H2,1-2H3. The van der Waals surface area contributed by atoms with Crippen LogP contribution in [0.25, 0.3) is 0 Å². The molecule has 0 unspecified atom stereocenters. The predicted octanol–water partition coefficient (Wildman–Crippen LogP) is 3.37. The van der Waals surface area contributed by atoms with Crippen LogP contribution < -0.4 is 9.47 Å². The van der Waals surface area contributed by atoms with E-state index in [1.807, 2.05) is 18.2 Å². The van der Waals surface area contributed by atoms with Crippen LogP contribution >= 0.6 is 11.6 Å². The van der Waals surface area contributed by atoms with Crippen molar-refractivity contribution < 1.29 is 18.7 Å². The zero-order valence-electron chi connectivity index (χ0n) is 13.1. The average molecular weight is 336 g/mol. The fourth-order valence-electron chi connectivity index (χ4n) is 2.48. The molecule has 0 saturated heterocycles. The van der Waals surface area contributed by atoms with E-state index < -0.39 is 0 Å². The highest BCUT2D eigenvalue weighted by Crippen LogP contribution is 2.31. The van der Waals surface area contributed by atoms with Gasteiger partial charge >= 0.3 is 0 Å². The third-order valence-electron chi connectivity index (χ3n) is 3.75. The molecular weight excluding hydrogens is 318 g/mol. The van der Waals surface area contributed by atoms with Crippen molar-refractivity contribution in [1.82, 2.24) is 4.90 Å². The molecule has 0 spiro atoms. The number of hydrogen-bond donors (Lipinski definition) is 0. The minimum atomic E-state index is -0.181. The Balaban J connectivity index is 1.73. The number of ether oxygens (including phenoxy) is 2. The Kier molecular flexibility index (Phi) is 4.48. The van der Waals surface area contributed by atoms with Crippen molar-refractivity contribution in [3.63, 3.8) is 0 Å². The Morgan fingerprint density at radius 3 is 2.65 bits per heavy atom. The fourth-order valence-corrected chi connectivity index (χ4v) is 2.74. The third kappa shape index (κ3) is 3.29. The zero-order valence-corrected chi connectivity index (χ0v) is 13.9. The van der Waals surface area contributed by atoms with Gasteiger partial charge in [0.1, 0.15) is 19.0 Å². The molecule has 1 aromatic carbocycles. The number of nitrogens with zero attached hydrogens (tertiary/aromatic N) is 1. The van der Waals surface area contributed by atoms with Crippen molar-refractivity contribution in [2.45, 2.75) is 19.3 Å². The van der Waals surface area contributed by atoms with Gasteiger partial charge in [0, 0.05) is 19.2 Å². The van der Waals surface area contributed by atoms with E-state index in [4.69, 9.17) is 25.5 Å². The van der Waals surface area contributed by atoms with E-state index in [2.05, 4.69) is 0 Å². The molecular formula is C17H18ClNO4. The van der Waals surface area contributed by atoms with Gasteiger partial charge in [-0.3, -0.25) is 4.79 Å². The van der Waals surface area contributed by atoms with Gasteiger partial charge in [-0.2, -0.15) is 0 Å². The minimum absolute atomic E-state index is 0.181. The van der Waals surface area contributed by atoms with Crippen LogP contribution in [0.3, 0.4) is 0 Å². The molecule has 1 aromatic heterocycles. The summed E-state index contributed by atoms with van der Waals surface area (Å²) in [5, 5.41) is 0. The van der Waals surface area contributed by atoms with Gasteiger partial charge in [-0.05, 0) is 30.7 Å². The predicted molar refractivity (Wildman–Crippen MR) is 86.2 cm³/mol. The lowest BCUT2D eigenvalue weighted by Crippen LogP contribution is -2.26. The summed E-state index contributed by atoms with van der Waals surface area (Å²) in [4.78, 5) is 14.1. The molecule has 0 radical (unpaired) electrons. The number of hydrogen-bond acceptors (Lipinski definition) is 4. The molecule has 1 amide bonds. The van der Waals surface area contributed by atoms with Gasteiger partial charge in [0.05, 0.1) is 5.88 Å². The summed E-state index contributed by atoms with van der Waals surface area (Å²) in [5.74, 6) is 2.58. The molecule has 0 saturated carbocycles. The summed E-state index contributed by atoms with van der Waals surface area (Å²) in [6.45, 7) is 3.35. The first-order valence-electron chi connectivity index (χ1n) is 7.37. The second-order valence-electron chi connectivity index (χ2n) is 5.46. The summed E-state index contributed by atoms with van der Waals surface area (Å²) in [6.07, 6.45) is 0. The first kappa shape index (κ1) is 15.7. The number of aryl methyl sites for hydroxylation is 1. The van der Waals surface area contributed by atoms with Gasteiger partial charge in [0.25, 0.3) is 5.91 Å². The maximum Gasteiger partial charge on any atom is 0.289 e. The highest BCUT2D eigenvalue weighted by molar-refractivity contribution is 6.17. The van der Waals surface area contributed by atoms with Crippen molar-refractivity contribution >= 4 is 17.5 Å². The maximum atomic E-state index is 12.5. The first-order chi connectivity index (χ1) is 11.1. The topological polar surface area (TPSA) is 51.9 Å². The van der Waals surface area contributed by atoms with Crippen LogP contribution in [-0.2, 0) is 12.4 Å². The number of alkyl halides is 1. The van der Waals surface area contributed by atoms with Gasteiger partial charge in [-0.25, -0.2) is 0 Å². The summed E-state index contributed by atoms with van der Waals surface area (Å²) < 4.78 is 16.6. The minimum Gasteiger partial charge on any atom is -0.486 e. The van der Waals surface area contributed by atoms with E-state index in [1.54, 1.807) is 24.9 Å². The van der Waals surface area contributed by atoms with Gasteiger partial charge in [-0.15, -0.1) is 11.6 Å². The van der Waals surface area contributed by atoms with E-state index in [-0.39, 0.29) is 5.91 Å². The van der Waals surface area contributed by atoms with Crippen molar-refractivity contribution in [3.05, 3.63) is 46.9 Å². The monoisotopic (exact) mass is 335 g/mol. The van der Waals surface area contributed by atoms with Crippen LogP contribution in [0.15, 0.2) is 28.7 Å². The molecule has 122 valence electrons. The lowest BCUT2D eigenvalue weighted by atomic mass is 10.1. The number of benzene rings is 1. The molecule has 2 heterocycles. The largest absolute Gasteiger partial charge is 0.486 e. The van der Waals surface area contributed by atoms with Crippen LogP contribution in [-0.4, -0.2) is 31.1 Å². The molecule has 2 aromatic rings. The van der Waals surface area contributed by atoms with Crippen LogP contribution in [0, 0.1) is 6.92 Å². The molecule has 0 bridgehead atoms. The van der Waals surface area contributed by atoms with Gasteiger partial charge in [0.15, 0.2) is 17.3 Å². The van der Waals surface area contributed by atoms with E-state index in [0.717, 1.165) is 16.9 Å². The summed E-state index contributed by atoms with van der Waals surface area (Å²) >= 11 is 5.82. The summed E-state index contributed by atoms with van der Waals surface area (Å²) in [6, 6.07) is 7.39. The highest BCUT2D eigenvalue weighted by atomic mass is 35.5. The fraction of sp³-hybridized carbons (Fsp3) is 0.353. The first-order valence-corrected chi connectivity index (χ1v) is 7.91. The normalized spacial score (nSPS) is 13.0. The van der Waals surface area contributed by atoms with Gasteiger partial charge in [-0.1, -0.05) is 6.07 Å². The third-order valence-corrected chi connectivity index (χ3v) is 4.04. The van der Waals surface area contributed by atoms with Gasteiger partial charge < -0.3 is 18.8 Å². The second-order valence-corrected chi connectivity index (χ2v) is 5.73. The Bertz CT molecular complexity index is 725. The number of carbonyl (C=O) groups excluding carboxylic acids is 1. The van der Waals surface area contributed by atoms with Crippen molar-refractivity contribution in [3.8, 4) is 11.5 Å². The molecule has 0 fully saturated rings. The molecule has 6 heteroatoms. The number of furan rings is 1. The Labute approximate surface area is 139 Å². The lowest BCUT2D eigenvalue weighted by Gasteiger charge is -2.20. The average Bonchev–Trinajstić information content (AvgIpc) is 2.95.